The summed E-state index contributed by atoms with van der Waals surface area (Å²) >= 11 is 2.18. The van der Waals surface area contributed by atoms with Crippen molar-refractivity contribution in [2.45, 2.75) is 3.55 Å². The van der Waals surface area contributed by atoms with E-state index < -0.39 is 0 Å². The summed E-state index contributed by atoms with van der Waals surface area (Å²) in [6.07, 6.45) is 0. The van der Waals surface area contributed by atoms with Gasteiger partial charge in [-0.15, -0.1) is 0 Å². The van der Waals surface area contributed by atoms with E-state index in [1.807, 2.05) is 0 Å². The van der Waals surface area contributed by atoms with Gasteiger partial charge < -0.3 is 10.5 Å². The number of rotatable bonds is 0. The molecule has 0 unspecified atom stereocenters. The van der Waals surface area contributed by atoms with Crippen molar-refractivity contribution < 1.29 is 4.74 Å². The van der Waals surface area contributed by atoms with Gasteiger partial charge in [-0.2, -0.15) is 0 Å². The van der Waals surface area contributed by atoms with E-state index >= 15 is 0 Å². The molecular formula is C3H6INO. The van der Waals surface area contributed by atoms with Gasteiger partial charge in [-0.3, -0.25) is 0 Å². The second kappa shape index (κ2) is 1.31. The van der Waals surface area contributed by atoms with E-state index in [1.54, 1.807) is 0 Å². The first-order valence-electron chi connectivity index (χ1n) is 1.76. The number of alkyl halides is 1. The molecule has 0 aromatic heterocycles. The topological polar surface area (TPSA) is 35.2 Å². The number of ether oxygens (including phenoxy) is 1. The first kappa shape index (κ1) is 4.80. The Hall–Kier alpha value is 0.650. The van der Waals surface area contributed by atoms with Gasteiger partial charge in [0.15, 0.2) is 0 Å². The molecule has 1 aliphatic heterocycles. The minimum Gasteiger partial charge on any atom is -0.376 e. The SMILES string of the molecule is NC1(I)COC1. The lowest BCUT2D eigenvalue weighted by Crippen LogP contribution is -2.51. The van der Waals surface area contributed by atoms with E-state index in [9.17, 15) is 0 Å². The zero-order valence-electron chi connectivity index (χ0n) is 3.28. The van der Waals surface area contributed by atoms with E-state index in [0.29, 0.717) is 13.2 Å². The highest BCUT2D eigenvalue weighted by Crippen LogP contribution is 2.20. The molecule has 0 aromatic rings. The van der Waals surface area contributed by atoms with Gasteiger partial charge >= 0.3 is 0 Å². The highest BCUT2D eigenvalue weighted by molar-refractivity contribution is 14.1. The molecule has 1 heterocycles. The Bertz CT molecular complexity index is 57.8. The molecule has 1 aliphatic rings. The highest BCUT2D eigenvalue weighted by atomic mass is 127. The fourth-order valence-electron chi connectivity index (χ4n) is 0.297. The fraction of sp³-hybridized carbons (Fsp3) is 1.00. The van der Waals surface area contributed by atoms with Crippen molar-refractivity contribution in [2.75, 3.05) is 13.2 Å². The second-order valence-electron chi connectivity index (χ2n) is 1.53. The maximum Gasteiger partial charge on any atom is 0.115 e. The molecule has 0 aliphatic carbocycles. The summed E-state index contributed by atoms with van der Waals surface area (Å²) in [7, 11) is 0. The van der Waals surface area contributed by atoms with Crippen LogP contribution in [-0.4, -0.2) is 16.8 Å². The van der Waals surface area contributed by atoms with Crippen molar-refractivity contribution in [1.29, 1.82) is 0 Å². The first-order valence-corrected chi connectivity index (χ1v) is 2.84. The van der Waals surface area contributed by atoms with Crippen molar-refractivity contribution in [3.05, 3.63) is 0 Å². The van der Waals surface area contributed by atoms with Crippen LogP contribution in [0.1, 0.15) is 0 Å². The molecule has 6 heavy (non-hydrogen) atoms. The van der Waals surface area contributed by atoms with Gasteiger partial charge in [-0.25, -0.2) is 0 Å². The number of hydrogen-bond acceptors (Lipinski definition) is 2. The predicted octanol–water partition coefficient (Wildman–Crippen LogP) is 0.107. The lowest BCUT2D eigenvalue weighted by Gasteiger charge is -2.31. The van der Waals surface area contributed by atoms with Gasteiger partial charge in [0.1, 0.15) is 3.55 Å². The minimum atomic E-state index is -0.0300. The van der Waals surface area contributed by atoms with Crippen molar-refractivity contribution in [1.82, 2.24) is 0 Å². The number of hydrogen-bond donors (Lipinski definition) is 1. The quantitative estimate of drug-likeness (QED) is 0.341. The Morgan fingerprint density at radius 1 is 1.67 bits per heavy atom. The summed E-state index contributed by atoms with van der Waals surface area (Å²) in [4.78, 5) is 0. The van der Waals surface area contributed by atoms with Crippen molar-refractivity contribution in [2.24, 2.45) is 5.73 Å². The normalized spacial score (nSPS) is 29.0. The molecule has 0 aromatic carbocycles. The molecule has 1 fully saturated rings. The van der Waals surface area contributed by atoms with Gasteiger partial charge in [0.2, 0.25) is 0 Å². The lowest BCUT2D eigenvalue weighted by atomic mass is 10.3. The van der Waals surface area contributed by atoms with Gasteiger partial charge in [0, 0.05) is 0 Å². The third-order valence-corrected chi connectivity index (χ3v) is 1.31. The van der Waals surface area contributed by atoms with E-state index in [1.165, 1.54) is 0 Å². The third kappa shape index (κ3) is 0.828. The number of nitrogens with two attached hydrogens (primary N) is 1. The molecule has 1 rings (SSSR count). The van der Waals surface area contributed by atoms with Gasteiger partial charge in [0.25, 0.3) is 0 Å². The summed E-state index contributed by atoms with van der Waals surface area (Å²) in [6.45, 7) is 1.43. The van der Waals surface area contributed by atoms with Crippen LogP contribution in [0.5, 0.6) is 0 Å². The smallest absolute Gasteiger partial charge is 0.115 e. The summed E-state index contributed by atoms with van der Waals surface area (Å²) < 4.78 is 4.77. The molecule has 36 valence electrons. The Labute approximate surface area is 50.2 Å². The average molecular weight is 199 g/mol. The van der Waals surface area contributed by atoms with Crippen molar-refractivity contribution in [3.8, 4) is 0 Å². The fourth-order valence-corrected chi connectivity index (χ4v) is 0.737. The molecule has 0 spiro atoms. The monoisotopic (exact) mass is 199 g/mol. The van der Waals surface area contributed by atoms with E-state index in [0.717, 1.165) is 0 Å². The lowest BCUT2D eigenvalue weighted by molar-refractivity contribution is 0.00331. The Balaban J connectivity index is 2.31. The summed E-state index contributed by atoms with van der Waals surface area (Å²) in [5, 5.41) is 0. The maximum atomic E-state index is 5.48. The van der Waals surface area contributed by atoms with Crippen LogP contribution in [0.15, 0.2) is 0 Å². The largest absolute Gasteiger partial charge is 0.376 e. The van der Waals surface area contributed by atoms with Crippen LogP contribution >= 0.6 is 22.6 Å². The Morgan fingerprint density at radius 3 is 2.00 bits per heavy atom. The summed E-state index contributed by atoms with van der Waals surface area (Å²) in [5.41, 5.74) is 5.48. The zero-order chi connectivity index (χ0) is 4.62. The standard InChI is InChI=1S/C3H6INO/c4-3(5)1-6-2-3/h1-2,5H2. The van der Waals surface area contributed by atoms with Crippen LogP contribution in [0.3, 0.4) is 0 Å². The molecular weight excluding hydrogens is 193 g/mol. The minimum absolute atomic E-state index is 0.0300. The van der Waals surface area contributed by atoms with E-state index in [4.69, 9.17) is 10.5 Å². The van der Waals surface area contributed by atoms with Crippen molar-refractivity contribution >= 4 is 22.6 Å². The Morgan fingerprint density at radius 2 is 2.00 bits per heavy atom. The van der Waals surface area contributed by atoms with Crippen LogP contribution in [-0.2, 0) is 4.74 Å². The molecule has 0 amide bonds. The molecule has 2 nitrogen and oxygen atoms in total. The van der Waals surface area contributed by atoms with Crippen molar-refractivity contribution in [3.63, 3.8) is 0 Å². The van der Waals surface area contributed by atoms with Crippen LogP contribution in [0, 0.1) is 0 Å². The molecule has 0 bridgehead atoms. The molecule has 1 saturated heterocycles. The molecule has 0 atom stereocenters. The number of halogens is 1. The summed E-state index contributed by atoms with van der Waals surface area (Å²) in [5.74, 6) is 0. The van der Waals surface area contributed by atoms with E-state index in [-0.39, 0.29) is 3.55 Å². The van der Waals surface area contributed by atoms with Crippen LogP contribution in [0.4, 0.5) is 0 Å². The molecule has 2 N–H and O–H groups in total. The molecule has 0 radical (unpaired) electrons. The first-order chi connectivity index (χ1) is 2.71. The second-order valence-corrected chi connectivity index (χ2v) is 3.68. The Kier molecular flexibility index (Phi) is 1.05. The molecule has 0 saturated carbocycles. The third-order valence-electron chi connectivity index (χ3n) is 0.684. The van der Waals surface area contributed by atoms with Gasteiger partial charge in [-0.1, -0.05) is 22.6 Å². The maximum absolute atomic E-state index is 5.48. The van der Waals surface area contributed by atoms with E-state index in [2.05, 4.69) is 22.6 Å². The highest BCUT2D eigenvalue weighted by Gasteiger charge is 2.29. The van der Waals surface area contributed by atoms with Gasteiger partial charge in [0.05, 0.1) is 13.2 Å². The van der Waals surface area contributed by atoms with Crippen LogP contribution in [0.2, 0.25) is 0 Å². The predicted molar refractivity (Wildman–Crippen MR) is 31.8 cm³/mol. The van der Waals surface area contributed by atoms with Gasteiger partial charge in [-0.05, 0) is 0 Å². The van der Waals surface area contributed by atoms with Crippen LogP contribution < -0.4 is 5.73 Å². The van der Waals surface area contributed by atoms with Crippen LogP contribution in [0.25, 0.3) is 0 Å². The summed E-state index contributed by atoms with van der Waals surface area (Å²) in [6, 6.07) is 0. The zero-order valence-corrected chi connectivity index (χ0v) is 5.44. The molecule has 3 heteroatoms. The average Bonchev–Trinajstić information content (AvgIpc) is 1.32.